The van der Waals surface area contributed by atoms with E-state index >= 15 is 0 Å². The van der Waals surface area contributed by atoms with Crippen molar-refractivity contribution in [1.29, 1.82) is 0 Å². The van der Waals surface area contributed by atoms with Gasteiger partial charge in [-0.25, -0.2) is 0 Å². The molecule has 1 aromatic carbocycles. The predicted molar refractivity (Wildman–Crippen MR) is 79.4 cm³/mol. The highest BCUT2D eigenvalue weighted by atomic mass is 16.5. The highest BCUT2D eigenvalue weighted by Crippen LogP contribution is 2.31. The van der Waals surface area contributed by atoms with Crippen molar-refractivity contribution in [1.82, 2.24) is 10.1 Å². The summed E-state index contributed by atoms with van der Waals surface area (Å²) in [6.45, 7) is 3.94. The van der Waals surface area contributed by atoms with Crippen LogP contribution in [0.4, 0.5) is 0 Å². The molecule has 0 spiro atoms. The van der Waals surface area contributed by atoms with Crippen LogP contribution >= 0.6 is 0 Å². The van der Waals surface area contributed by atoms with Crippen LogP contribution in [-0.2, 0) is 6.42 Å². The lowest BCUT2D eigenvalue weighted by molar-refractivity contribution is 0.354. The summed E-state index contributed by atoms with van der Waals surface area (Å²) in [4.78, 5) is 4.38. The van der Waals surface area contributed by atoms with Gasteiger partial charge < -0.3 is 19.7 Å². The van der Waals surface area contributed by atoms with Crippen molar-refractivity contribution in [2.75, 3.05) is 14.2 Å². The largest absolute Gasteiger partial charge is 0.493 e. The molecule has 0 aliphatic heterocycles. The molecule has 2 N–H and O–H groups in total. The number of hydrogen-bond donors (Lipinski definition) is 1. The van der Waals surface area contributed by atoms with Crippen LogP contribution in [0, 0.1) is 0 Å². The summed E-state index contributed by atoms with van der Waals surface area (Å²) in [5.41, 5.74) is 6.51. The number of rotatable bonds is 6. The minimum atomic E-state index is -0.252. The van der Waals surface area contributed by atoms with Crippen LogP contribution in [0.3, 0.4) is 0 Å². The third kappa shape index (κ3) is 3.95. The molecule has 0 saturated carbocycles. The van der Waals surface area contributed by atoms with Gasteiger partial charge in [-0.2, -0.15) is 4.98 Å². The Morgan fingerprint density at radius 3 is 2.52 bits per heavy atom. The minimum Gasteiger partial charge on any atom is -0.493 e. The van der Waals surface area contributed by atoms with Crippen molar-refractivity contribution in [2.45, 2.75) is 32.2 Å². The van der Waals surface area contributed by atoms with E-state index in [1.54, 1.807) is 14.2 Å². The van der Waals surface area contributed by atoms with E-state index in [0.29, 0.717) is 29.6 Å². The molecule has 0 aliphatic carbocycles. The van der Waals surface area contributed by atoms with Gasteiger partial charge in [0.1, 0.15) is 0 Å². The second kappa shape index (κ2) is 6.13. The molecule has 6 heteroatoms. The molecule has 2 aromatic rings. The van der Waals surface area contributed by atoms with Gasteiger partial charge in [-0.1, -0.05) is 5.16 Å². The van der Waals surface area contributed by atoms with E-state index in [9.17, 15) is 0 Å². The van der Waals surface area contributed by atoms with Gasteiger partial charge in [0, 0.05) is 17.5 Å². The molecular weight excluding hydrogens is 270 g/mol. The van der Waals surface area contributed by atoms with Gasteiger partial charge >= 0.3 is 0 Å². The first kappa shape index (κ1) is 15.3. The second-order valence-corrected chi connectivity index (χ2v) is 5.57. The number of methoxy groups -OCH3 is 2. The maximum Gasteiger partial charge on any atom is 0.227 e. The molecule has 114 valence electrons. The van der Waals surface area contributed by atoms with Crippen LogP contribution in [0.15, 0.2) is 22.7 Å². The molecule has 0 radical (unpaired) electrons. The molecule has 0 fully saturated rings. The molecule has 0 aliphatic rings. The Bertz CT molecular complexity index is 602. The fourth-order valence-corrected chi connectivity index (χ4v) is 1.88. The monoisotopic (exact) mass is 291 g/mol. The fourth-order valence-electron chi connectivity index (χ4n) is 1.88. The number of aryl methyl sites for hydroxylation is 1. The molecule has 1 heterocycles. The lowest BCUT2D eigenvalue weighted by atomic mass is 10.0. The summed E-state index contributed by atoms with van der Waals surface area (Å²) >= 11 is 0. The Morgan fingerprint density at radius 1 is 1.19 bits per heavy atom. The van der Waals surface area contributed by atoms with E-state index in [1.807, 2.05) is 32.0 Å². The second-order valence-electron chi connectivity index (χ2n) is 5.57. The molecule has 0 amide bonds. The standard InChI is InChI=1S/C15H21N3O3/c1-15(2,16)8-7-13-17-14(18-21-13)10-5-6-11(19-3)12(9-10)20-4/h5-6,9H,7-8,16H2,1-4H3. The first-order chi connectivity index (χ1) is 9.93. The molecule has 2 rings (SSSR count). The smallest absolute Gasteiger partial charge is 0.227 e. The number of nitrogens with zero attached hydrogens (tertiary/aromatic N) is 2. The molecule has 0 saturated heterocycles. The van der Waals surface area contributed by atoms with Crippen LogP contribution in [0.5, 0.6) is 11.5 Å². The molecule has 21 heavy (non-hydrogen) atoms. The van der Waals surface area contributed by atoms with E-state index in [2.05, 4.69) is 10.1 Å². The average molecular weight is 291 g/mol. The van der Waals surface area contributed by atoms with Crippen molar-refractivity contribution >= 4 is 0 Å². The third-order valence-corrected chi connectivity index (χ3v) is 3.09. The number of ether oxygens (including phenoxy) is 2. The van der Waals surface area contributed by atoms with E-state index < -0.39 is 0 Å². The lowest BCUT2D eigenvalue weighted by Crippen LogP contribution is -2.32. The Labute approximate surface area is 124 Å². The fraction of sp³-hybridized carbons (Fsp3) is 0.467. The third-order valence-electron chi connectivity index (χ3n) is 3.09. The van der Waals surface area contributed by atoms with Crippen LogP contribution in [0.2, 0.25) is 0 Å². The highest BCUT2D eigenvalue weighted by molar-refractivity contribution is 5.60. The number of aromatic nitrogens is 2. The summed E-state index contributed by atoms with van der Waals surface area (Å²) in [5.74, 6) is 2.40. The van der Waals surface area contributed by atoms with E-state index in [-0.39, 0.29) is 5.54 Å². The highest BCUT2D eigenvalue weighted by Gasteiger charge is 2.15. The minimum absolute atomic E-state index is 0.252. The van der Waals surface area contributed by atoms with Gasteiger partial charge in [0.2, 0.25) is 11.7 Å². The predicted octanol–water partition coefficient (Wildman–Crippen LogP) is 2.42. The lowest BCUT2D eigenvalue weighted by Gasteiger charge is -2.16. The first-order valence-corrected chi connectivity index (χ1v) is 6.77. The number of hydrogen-bond acceptors (Lipinski definition) is 6. The molecule has 0 bridgehead atoms. The maximum absolute atomic E-state index is 5.95. The van der Waals surface area contributed by atoms with Crippen molar-refractivity contribution < 1.29 is 14.0 Å². The van der Waals surface area contributed by atoms with Gasteiger partial charge in [0.25, 0.3) is 0 Å². The van der Waals surface area contributed by atoms with Gasteiger partial charge in [-0.3, -0.25) is 0 Å². The van der Waals surface area contributed by atoms with Crippen molar-refractivity contribution in [3.63, 3.8) is 0 Å². The molecule has 0 atom stereocenters. The van der Waals surface area contributed by atoms with Crippen LogP contribution in [0.25, 0.3) is 11.4 Å². The topological polar surface area (TPSA) is 83.4 Å². The Morgan fingerprint density at radius 2 is 1.90 bits per heavy atom. The quantitative estimate of drug-likeness (QED) is 0.880. The molecular formula is C15H21N3O3. The molecule has 0 unspecified atom stereocenters. The summed E-state index contributed by atoms with van der Waals surface area (Å²) in [6.07, 6.45) is 1.43. The SMILES string of the molecule is COc1ccc(-c2noc(CCC(C)(C)N)n2)cc1OC. The first-order valence-electron chi connectivity index (χ1n) is 6.77. The Kier molecular flexibility index (Phi) is 4.47. The van der Waals surface area contributed by atoms with Crippen molar-refractivity contribution in [2.24, 2.45) is 5.73 Å². The van der Waals surface area contributed by atoms with E-state index in [4.69, 9.17) is 19.7 Å². The maximum atomic E-state index is 5.95. The van der Waals surface area contributed by atoms with Crippen molar-refractivity contribution in [3.8, 4) is 22.9 Å². The van der Waals surface area contributed by atoms with Crippen LogP contribution in [0.1, 0.15) is 26.2 Å². The van der Waals surface area contributed by atoms with Gasteiger partial charge in [0.05, 0.1) is 14.2 Å². The number of nitrogens with two attached hydrogens (primary N) is 1. The van der Waals surface area contributed by atoms with Crippen LogP contribution in [-0.4, -0.2) is 29.9 Å². The van der Waals surface area contributed by atoms with E-state index in [0.717, 1.165) is 12.0 Å². The number of benzene rings is 1. The summed E-state index contributed by atoms with van der Waals surface area (Å²) < 4.78 is 15.7. The summed E-state index contributed by atoms with van der Waals surface area (Å²) in [6, 6.07) is 5.50. The van der Waals surface area contributed by atoms with Gasteiger partial charge in [-0.15, -0.1) is 0 Å². The zero-order valence-corrected chi connectivity index (χ0v) is 12.8. The molecule has 6 nitrogen and oxygen atoms in total. The molecule has 1 aromatic heterocycles. The van der Waals surface area contributed by atoms with Gasteiger partial charge in [-0.05, 0) is 38.5 Å². The zero-order valence-electron chi connectivity index (χ0n) is 12.8. The normalized spacial score (nSPS) is 11.5. The Balaban J connectivity index is 2.17. The average Bonchev–Trinajstić information content (AvgIpc) is 2.92. The van der Waals surface area contributed by atoms with Gasteiger partial charge in [0.15, 0.2) is 11.5 Å². The zero-order chi connectivity index (χ0) is 15.5. The summed E-state index contributed by atoms with van der Waals surface area (Å²) in [7, 11) is 3.19. The van der Waals surface area contributed by atoms with Crippen LogP contribution < -0.4 is 15.2 Å². The van der Waals surface area contributed by atoms with E-state index in [1.165, 1.54) is 0 Å². The Hall–Kier alpha value is -2.08. The van der Waals surface area contributed by atoms with Crippen molar-refractivity contribution in [3.05, 3.63) is 24.1 Å². The summed E-state index contributed by atoms with van der Waals surface area (Å²) in [5, 5.41) is 3.99.